The molecule has 6 heteroatoms. The number of likely N-dealkylation sites (tertiary alicyclic amines) is 1. The highest BCUT2D eigenvalue weighted by Gasteiger charge is 2.52. The molecule has 0 unspecified atom stereocenters. The molecule has 5 nitrogen and oxygen atoms in total. The summed E-state index contributed by atoms with van der Waals surface area (Å²) in [5.74, 6) is 2.86. The number of carbonyl (C=O) groups excluding carboxylic acids is 1. The van der Waals surface area contributed by atoms with Gasteiger partial charge >= 0.3 is 0 Å². The van der Waals surface area contributed by atoms with Gasteiger partial charge in [0.1, 0.15) is 5.75 Å². The molecule has 3 aromatic rings. The van der Waals surface area contributed by atoms with Crippen LogP contribution in [0.25, 0.3) is 22.9 Å². The Labute approximate surface area is 240 Å². The zero-order valence-electron chi connectivity index (χ0n) is 22.8. The van der Waals surface area contributed by atoms with E-state index >= 15 is 0 Å². The molecule has 40 heavy (non-hydrogen) atoms. The summed E-state index contributed by atoms with van der Waals surface area (Å²) in [6.45, 7) is 1.97. The third kappa shape index (κ3) is 4.14. The Morgan fingerprint density at radius 3 is 2.27 bits per heavy atom. The van der Waals surface area contributed by atoms with Gasteiger partial charge < -0.3 is 14.6 Å². The van der Waals surface area contributed by atoms with Crippen LogP contribution in [-0.2, 0) is 10.2 Å². The maximum Gasteiger partial charge on any atom is 0.286 e. The third-order valence-electron chi connectivity index (χ3n) is 10.1. The Kier molecular flexibility index (Phi) is 5.77. The minimum Gasteiger partial charge on any atom is -0.508 e. The van der Waals surface area contributed by atoms with Crippen LogP contribution in [0.4, 0.5) is 0 Å². The van der Waals surface area contributed by atoms with Crippen molar-refractivity contribution in [1.82, 2.24) is 9.47 Å². The number of hydrogen-bond donors (Lipinski definition) is 1. The molecule has 2 aliphatic heterocycles. The number of thioether (sulfide) groups is 1. The number of aliphatic imine (C=N–C) groups is 1. The van der Waals surface area contributed by atoms with E-state index in [1.807, 2.05) is 30.5 Å². The maximum atomic E-state index is 12.6. The lowest BCUT2D eigenvalue weighted by molar-refractivity contribution is -0.113. The number of hydrogen-bond acceptors (Lipinski definition) is 4. The molecule has 4 aliphatic carbocycles. The first kappa shape index (κ1) is 24.5. The zero-order chi connectivity index (χ0) is 26.8. The summed E-state index contributed by atoms with van der Waals surface area (Å²) in [6.07, 6.45) is 14.3. The van der Waals surface area contributed by atoms with Crippen molar-refractivity contribution in [3.8, 4) is 22.6 Å². The predicted octanol–water partition coefficient (Wildman–Crippen LogP) is 7.38. The molecule has 0 atom stereocenters. The molecule has 9 rings (SSSR count). The van der Waals surface area contributed by atoms with Crippen molar-refractivity contribution in [1.29, 1.82) is 0 Å². The molecule has 1 saturated heterocycles. The normalized spacial score (nSPS) is 30.1. The number of phenols is 1. The quantitative estimate of drug-likeness (QED) is 0.345. The number of amidine groups is 1. The van der Waals surface area contributed by atoms with E-state index in [4.69, 9.17) is 0 Å². The lowest BCUT2D eigenvalue weighted by Crippen LogP contribution is -2.48. The highest BCUT2D eigenvalue weighted by molar-refractivity contribution is 8.18. The number of nitrogens with zero attached hydrogens (tertiary/aromatic N) is 3. The molecule has 4 saturated carbocycles. The second kappa shape index (κ2) is 9.41. The SMILES string of the molecule is O=C1N=C(N2CCCC2)SC1=Cc1cccn1-c1ccc(-c2ccc(O)c(C34CC5CC(CC(C5)C3)C4)c2)cc1. The van der Waals surface area contributed by atoms with Gasteiger partial charge in [0.2, 0.25) is 0 Å². The molecule has 6 aliphatic rings. The van der Waals surface area contributed by atoms with Crippen LogP contribution in [0.3, 0.4) is 0 Å². The molecule has 2 aromatic carbocycles. The van der Waals surface area contributed by atoms with E-state index in [9.17, 15) is 9.90 Å². The van der Waals surface area contributed by atoms with Crippen LogP contribution in [0.15, 0.2) is 70.7 Å². The Hall–Kier alpha value is -3.25. The third-order valence-corrected chi connectivity index (χ3v) is 11.2. The summed E-state index contributed by atoms with van der Waals surface area (Å²) in [6, 6.07) is 18.9. The first-order chi connectivity index (χ1) is 19.5. The molecule has 1 aromatic heterocycles. The van der Waals surface area contributed by atoms with E-state index in [1.54, 1.807) is 0 Å². The predicted molar refractivity (Wildman–Crippen MR) is 162 cm³/mol. The second-order valence-corrected chi connectivity index (χ2v) is 13.8. The van der Waals surface area contributed by atoms with Gasteiger partial charge in [-0.1, -0.05) is 18.2 Å². The average molecular weight is 550 g/mol. The van der Waals surface area contributed by atoms with Crippen LogP contribution in [0.2, 0.25) is 0 Å². The second-order valence-electron chi connectivity index (χ2n) is 12.8. The van der Waals surface area contributed by atoms with Gasteiger partial charge in [0, 0.05) is 36.2 Å². The number of benzene rings is 2. The minimum absolute atomic E-state index is 0.142. The Morgan fingerprint density at radius 1 is 0.900 bits per heavy atom. The average Bonchev–Trinajstić information content (AvgIpc) is 3.71. The van der Waals surface area contributed by atoms with E-state index < -0.39 is 0 Å². The first-order valence-corrected chi connectivity index (χ1v) is 15.7. The van der Waals surface area contributed by atoms with Crippen molar-refractivity contribution in [3.05, 3.63) is 77.0 Å². The molecule has 0 radical (unpaired) electrons. The number of phenolic OH excluding ortho intramolecular Hbond substituents is 1. The summed E-state index contributed by atoms with van der Waals surface area (Å²) < 4.78 is 2.12. The minimum atomic E-state index is -0.142. The molecular formula is C34H35N3O2S. The van der Waals surface area contributed by atoms with E-state index in [0.717, 1.165) is 53.0 Å². The lowest BCUT2D eigenvalue weighted by Gasteiger charge is -2.57. The van der Waals surface area contributed by atoms with Gasteiger partial charge in [-0.05, 0) is 140 Å². The molecule has 0 spiro atoms. The Balaban J connectivity index is 1.05. The highest BCUT2D eigenvalue weighted by Crippen LogP contribution is 2.62. The fourth-order valence-corrected chi connectivity index (χ4v) is 9.67. The van der Waals surface area contributed by atoms with Gasteiger partial charge in [-0.2, -0.15) is 4.99 Å². The summed E-state index contributed by atoms with van der Waals surface area (Å²) in [5, 5.41) is 11.9. The van der Waals surface area contributed by atoms with Crippen molar-refractivity contribution >= 4 is 28.9 Å². The number of aromatic nitrogens is 1. The smallest absolute Gasteiger partial charge is 0.286 e. The van der Waals surface area contributed by atoms with Gasteiger partial charge in [-0.15, -0.1) is 0 Å². The van der Waals surface area contributed by atoms with Gasteiger partial charge in [0.05, 0.1) is 4.91 Å². The van der Waals surface area contributed by atoms with Crippen molar-refractivity contribution in [3.63, 3.8) is 0 Å². The molecular weight excluding hydrogens is 514 g/mol. The van der Waals surface area contributed by atoms with Crippen LogP contribution < -0.4 is 0 Å². The Morgan fingerprint density at radius 2 is 1.57 bits per heavy atom. The molecule has 3 heterocycles. The van der Waals surface area contributed by atoms with Crippen molar-refractivity contribution in [2.24, 2.45) is 22.7 Å². The maximum absolute atomic E-state index is 12.6. The largest absolute Gasteiger partial charge is 0.508 e. The molecule has 1 N–H and O–H groups in total. The van der Waals surface area contributed by atoms with E-state index in [2.05, 4.69) is 50.9 Å². The van der Waals surface area contributed by atoms with Gasteiger partial charge in [-0.3, -0.25) is 4.79 Å². The Bertz CT molecular complexity index is 1510. The fraction of sp³-hybridized carbons (Fsp3) is 0.412. The van der Waals surface area contributed by atoms with E-state index in [1.165, 1.54) is 74.3 Å². The monoisotopic (exact) mass is 549 g/mol. The fourth-order valence-electron chi connectivity index (χ4n) is 8.72. The van der Waals surface area contributed by atoms with Crippen LogP contribution in [0, 0.1) is 17.8 Å². The van der Waals surface area contributed by atoms with E-state index in [-0.39, 0.29) is 11.3 Å². The zero-order valence-corrected chi connectivity index (χ0v) is 23.6. The molecule has 204 valence electrons. The lowest BCUT2D eigenvalue weighted by atomic mass is 9.48. The molecule has 4 bridgehead atoms. The summed E-state index contributed by atoms with van der Waals surface area (Å²) in [4.78, 5) is 19.9. The molecule has 5 fully saturated rings. The summed E-state index contributed by atoms with van der Waals surface area (Å²) in [7, 11) is 0. The number of amides is 1. The van der Waals surface area contributed by atoms with Gasteiger partial charge in [0.25, 0.3) is 5.91 Å². The number of carbonyl (C=O) groups is 1. The van der Waals surface area contributed by atoms with Crippen LogP contribution >= 0.6 is 11.8 Å². The van der Waals surface area contributed by atoms with Gasteiger partial charge in [-0.25, -0.2) is 0 Å². The first-order valence-electron chi connectivity index (χ1n) is 14.9. The highest BCUT2D eigenvalue weighted by atomic mass is 32.2. The summed E-state index contributed by atoms with van der Waals surface area (Å²) >= 11 is 1.49. The number of rotatable bonds is 4. The van der Waals surface area contributed by atoms with Crippen molar-refractivity contribution in [2.75, 3.05) is 13.1 Å². The topological polar surface area (TPSA) is 57.8 Å². The van der Waals surface area contributed by atoms with Crippen molar-refractivity contribution in [2.45, 2.75) is 56.8 Å². The molecule has 1 amide bonds. The van der Waals surface area contributed by atoms with Crippen LogP contribution in [0.1, 0.15) is 62.6 Å². The summed E-state index contributed by atoms with van der Waals surface area (Å²) in [5.41, 5.74) is 5.70. The van der Waals surface area contributed by atoms with E-state index in [0.29, 0.717) is 10.7 Å². The van der Waals surface area contributed by atoms with Crippen LogP contribution in [-0.4, -0.2) is 38.7 Å². The standard InChI is InChI=1S/C34H35N3O2S/c38-30-10-7-26(17-29(30)34-19-22-14-23(20-34)16-24(15-22)21-34)25-5-8-27(9-6-25)37-13-3-4-28(37)18-31-32(39)35-33(40-31)36-11-1-2-12-36/h3-10,13,17-18,22-24,38H,1-2,11-12,14-16,19-21H2. The van der Waals surface area contributed by atoms with Gasteiger partial charge in [0.15, 0.2) is 5.17 Å². The number of aromatic hydroxyl groups is 1. The van der Waals surface area contributed by atoms with Crippen LogP contribution in [0.5, 0.6) is 5.75 Å². The van der Waals surface area contributed by atoms with Crippen molar-refractivity contribution < 1.29 is 9.90 Å².